The Morgan fingerprint density at radius 3 is 2.77 bits per heavy atom. The van der Waals surface area contributed by atoms with Crippen molar-refractivity contribution in [2.24, 2.45) is 11.1 Å². The van der Waals surface area contributed by atoms with Crippen molar-refractivity contribution in [3.8, 4) is 11.5 Å². The number of carbonyl (C=O) groups is 1. The van der Waals surface area contributed by atoms with Gasteiger partial charge in [0.15, 0.2) is 0 Å². The number of amides is 1. The van der Waals surface area contributed by atoms with Crippen molar-refractivity contribution in [1.29, 1.82) is 0 Å². The molecule has 0 saturated carbocycles. The molecule has 1 N–H and O–H groups in total. The molecule has 1 fully saturated rings. The van der Waals surface area contributed by atoms with E-state index in [1.165, 1.54) is 19.3 Å². The third kappa shape index (κ3) is 4.07. The van der Waals surface area contributed by atoms with Gasteiger partial charge in [0, 0.05) is 30.8 Å². The fourth-order valence-corrected chi connectivity index (χ4v) is 2.50. The maximum atomic E-state index is 12.1. The second-order valence-corrected chi connectivity index (χ2v) is 5.34. The molecular formula is C16H20N2O4. The minimum absolute atomic E-state index is 0.0687. The van der Waals surface area contributed by atoms with E-state index < -0.39 is 0 Å². The molecule has 0 bridgehead atoms. The van der Waals surface area contributed by atoms with E-state index in [4.69, 9.17) is 4.74 Å². The molecule has 1 aliphatic rings. The molecule has 1 aromatic rings. The summed E-state index contributed by atoms with van der Waals surface area (Å²) in [6.07, 6.45) is 4.66. The van der Waals surface area contributed by atoms with Gasteiger partial charge >= 0.3 is 0 Å². The first-order valence-electron chi connectivity index (χ1n) is 7.27. The lowest BCUT2D eigenvalue weighted by molar-refractivity contribution is -0.127. The van der Waals surface area contributed by atoms with Crippen LogP contribution in [-0.4, -0.2) is 42.7 Å². The molecule has 0 unspecified atom stereocenters. The first-order chi connectivity index (χ1) is 10.6. The molecule has 1 heterocycles. The Labute approximate surface area is 129 Å². The Balaban J connectivity index is 1.93. The number of ether oxygens (including phenoxy) is 1. The van der Waals surface area contributed by atoms with Crippen molar-refractivity contribution < 1.29 is 14.6 Å². The lowest BCUT2D eigenvalue weighted by Gasteiger charge is -2.30. The highest BCUT2D eigenvalue weighted by molar-refractivity contribution is 5.92. The zero-order chi connectivity index (χ0) is 15.9. The van der Waals surface area contributed by atoms with E-state index in [-0.39, 0.29) is 17.6 Å². The fourth-order valence-electron chi connectivity index (χ4n) is 2.50. The molecule has 1 aromatic carbocycles. The molecule has 6 heteroatoms. The third-order valence-electron chi connectivity index (χ3n) is 3.90. The number of aromatic hydroxyl groups is 1. The number of likely N-dealkylation sites (tertiary alicyclic amines) is 1. The lowest BCUT2D eigenvalue weighted by Crippen LogP contribution is -2.38. The van der Waals surface area contributed by atoms with Crippen LogP contribution in [-0.2, 0) is 4.79 Å². The zero-order valence-electron chi connectivity index (χ0n) is 12.6. The molecule has 0 aliphatic carbocycles. The van der Waals surface area contributed by atoms with E-state index in [0.29, 0.717) is 30.9 Å². The van der Waals surface area contributed by atoms with Gasteiger partial charge in [0.05, 0.1) is 13.7 Å². The molecule has 118 valence electrons. The van der Waals surface area contributed by atoms with Gasteiger partial charge < -0.3 is 14.7 Å². The fraction of sp³-hybridized carbons (Fsp3) is 0.438. The van der Waals surface area contributed by atoms with Gasteiger partial charge in [-0.05, 0) is 37.0 Å². The molecule has 22 heavy (non-hydrogen) atoms. The second-order valence-electron chi connectivity index (χ2n) is 5.34. The predicted octanol–water partition coefficient (Wildman–Crippen LogP) is 2.42. The van der Waals surface area contributed by atoms with Crippen LogP contribution >= 0.6 is 0 Å². The van der Waals surface area contributed by atoms with Crippen LogP contribution in [0.2, 0.25) is 0 Å². The molecule has 0 radical (unpaired) electrons. The highest BCUT2D eigenvalue weighted by Gasteiger charge is 2.21. The number of phenolic OH excluding ortho intramolecular Hbond substituents is 1. The summed E-state index contributed by atoms with van der Waals surface area (Å²) in [5, 5.41) is 12.8. The smallest absolute Gasteiger partial charge is 0.246 e. The van der Waals surface area contributed by atoms with Crippen molar-refractivity contribution in [3.63, 3.8) is 0 Å². The number of carbonyl (C=O) groups excluding carboxylic acids is 1. The Hall–Kier alpha value is -2.37. The Bertz CT molecular complexity index is 563. The number of hydrogen-bond donors (Lipinski definition) is 1. The van der Waals surface area contributed by atoms with Gasteiger partial charge in [0.25, 0.3) is 0 Å². The second kappa shape index (κ2) is 7.59. The first kappa shape index (κ1) is 16.0. The van der Waals surface area contributed by atoms with Gasteiger partial charge in [-0.15, -0.1) is 0 Å². The number of rotatable bonds is 5. The van der Waals surface area contributed by atoms with Gasteiger partial charge in [-0.25, -0.2) is 0 Å². The summed E-state index contributed by atoms with van der Waals surface area (Å²) < 4.78 is 5.01. The summed E-state index contributed by atoms with van der Waals surface area (Å²) in [6.45, 7) is 1.60. The van der Waals surface area contributed by atoms with Gasteiger partial charge in [0.1, 0.15) is 11.5 Å². The highest BCUT2D eigenvalue weighted by atomic mass is 16.5. The monoisotopic (exact) mass is 304 g/mol. The van der Waals surface area contributed by atoms with E-state index >= 15 is 0 Å². The van der Waals surface area contributed by atoms with Crippen LogP contribution in [0.1, 0.15) is 18.4 Å². The van der Waals surface area contributed by atoms with Crippen molar-refractivity contribution in [1.82, 2.24) is 4.90 Å². The molecular weight excluding hydrogens is 284 g/mol. The maximum absolute atomic E-state index is 12.1. The molecule has 0 spiro atoms. The number of piperidine rings is 1. The molecule has 1 saturated heterocycles. The minimum Gasteiger partial charge on any atom is -0.507 e. The molecule has 0 atom stereocenters. The molecule has 2 rings (SSSR count). The molecule has 1 aliphatic heterocycles. The number of hydrogen-bond acceptors (Lipinski definition) is 5. The van der Waals surface area contributed by atoms with Crippen LogP contribution in [0.5, 0.6) is 11.5 Å². The summed E-state index contributed by atoms with van der Waals surface area (Å²) in [4.78, 5) is 24.1. The van der Waals surface area contributed by atoms with Gasteiger partial charge in [-0.2, -0.15) is 4.91 Å². The summed E-state index contributed by atoms with van der Waals surface area (Å²) >= 11 is 0. The number of nitrogens with zero attached hydrogens (tertiary/aromatic N) is 2. The van der Waals surface area contributed by atoms with Gasteiger partial charge in [-0.3, -0.25) is 4.79 Å². The Morgan fingerprint density at radius 2 is 2.18 bits per heavy atom. The normalized spacial score (nSPS) is 16.0. The van der Waals surface area contributed by atoms with Crippen molar-refractivity contribution >= 4 is 12.0 Å². The lowest BCUT2D eigenvalue weighted by atomic mass is 9.97. The number of phenols is 1. The third-order valence-corrected chi connectivity index (χ3v) is 3.90. The minimum atomic E-state index is -0.0901. The highest BCUT2D eigenvalue weighted by Crippen LogP contribution is 2.24. The van der Waals surface area contributed by atoms with Crippen LogP contribution in [0, 0.1) is 10.8 Å². The van der Waals surface area contributed by atoms with Crippen molar-refractivity contribution in [2.45, 2.75) is 12.8 Å². The average Bonchev–Trinajstić information content (AvgIpc) is 2.54. The summed E-state index contributed by atoms with van der Waals surface area (Å²) in [5.74, 6) is 0.829. The summed E-state index contributed by atoms with van der Waals surface area (Å²) in [6, 6.07) is 4.92. The van der Waals surface area contributed by atoms with Crippen LogP contribution in [0.3, 0.4) is 0 Å². The SMILES string of the molecule is COc1ccc(/C=C/C(=O)N2CCC(CN=O)CC2)c(O)c1. The Kier molecular flexibility index (Phi) is 5.52. The molecule has 0 aromatic heterocycles. The number of methoxy groups -OCH3 is 1. The van der Waals surface area contributed by atoms with E-state index in [9.17, 15) is 14.8 Å². The topological polar surface area (TPSA) is 79.2 Å². The summed E-state index contributed by atoms with van der Waals surface area (Å²) in [7, 11) is 1.53. The number of nitroso groups, excluding NO2 is 1. The quantitative estimate of drug-likeness (QED) is 0.669. The van der Waals surface area contributed by atoms with Crippen LogP contribution in [0.25, 0.3) is 6.08 Å². The van der Waals surface area contributed by atoms with Crippen molar-refractivity contribution in [2.75, 3.05) is 26.7 Å². The maximum Gasteiger partial charge on any atom is 0.246 e. The molecule has 6 nitrogen and oxygen atoms in total. The summed E-state index contributed by atoms with van der Waals surface area (Å²) in [5.41, 5.74) is 0.564. The van der Waals surface area contributed by atoms with Crippen LogP contribution < -0.4 is 4.74 Å². The van der Waals surface area contributed by atoms with Crippen LogP contribution in [0.15, 0.2) is 29.5 Å². The number of benzene rings is 1. The predicted molar refractivity (Wildman–Crippen MR) is 83.7 cm³/mol. The van der Waals surface area contributed by atoms with Gasteiger partial charge in [-0.1, -0.05) is 5.18 Å². The van der Waals surface area contributed by atoms with Crippen molar-refractivity contribution in [3.05, 3.63) is 34.7 Å². The first-order valence-corrected chi connectivity index (χ1v) is 7.27. The van der Waals surface area contributed by atoms with Gasteiger partial charge in [0.2, 0.25) is 5.91 Å². The standard InChI is InChI=1S/C16H20N2O4/c1-22-14-4-2-13(15(19)10-14)3-5-16(20)18-8-6-12(7-9-18)11-17-21/h2-5,10,12,19H,6-9,11H2,1H3/b5-3+. The van der Waals surface area contributed by atoms with E-state index in [1.54, 1.807) is 23.1 Å². The zero-order valence-corrected chi connectivity index (χ0v) is 12.6. The van der Waals surface area contributed by atoms with E-state index in [2.05, 4.69) is 5.18 Å². The van der Waals surface area contributed by atoms with E-state index in [1.807, 2.05) is 0 Å². The average molecular weight is 304 g/mol. The van der Waals surface area contributed by atoms with E-state index in [0.717, 1.165) is 12.8 Å². The Morgan fingerprint density at radius 1 is 1.45 bits per heavy atom. The van der Waals surface area contributed by atoms with Crippen LogP contribution in [0.4, 0.5) is 0 Å². The largest absolute Gasteiger partial charge is 0.507 e. The molecule has 1 amide bonds.